The lowest BCUT2D eigenvalue weighted by atomic mass is 10.4. The summed E-state index contributed by atoms with van der Waals surface area (Å²) in [6, 6.07) is 1.97. The van der Waals surface area contributed by atoms with E-state index in [4.69, 9.17) is 4.74 Å². The van der Waals surface area contributed by atoms with Crippen LogP contribution in [0.3, 0.4) is 0 Å². The maximum atomic E-state index is 11.2. The largest absolute Gasteiger partial charge is 0.384 e. The summed E-state index contributed by atoms with van der Waals surface area (Å²) in [4.78, 5) is 12.3. The van der Waals surface area contributed by atoms with E-state index in [1.165, 1.54) is 0 Å². The highest BCUT2D eigenvalue weighted by atomic mass is 79.9. The summed E-state index contributed by atoms with van der Waals surface area (Å²) in [6.45, 7) is 1.05. The summed E-state index contributed by atoms with van der Waals surface area (Å²) >= 11 is 5.03. The lowest BCUT2D eigenvalue weighted by Crippen LogP contribution is -2.23. The Bertz CT molecular complexity index is 301. The smallest absolute Gasteiger partial charge is 0.222 e. The van der Waals surface area contributed by atoms with Crippen molar-refractivity contribution >= 4 is 33.2 Å². The van der Waals surface area contributed by atoms with Crippen LogP contribution in [0, 0.1) is 0 Å². The minimum atomic E-state index is 0.0205. The Labute approximate surface area is 95.6 Å². The first-order chi connectivity index (χ1) is 6.74. The molecule has 0 saturated carbocycles. The van der Waals surface area contributed by atoms with Crippen molar-refractivity contribution in [3.05, 3.63) is 20.8 Å². The maximum Gasteiger partial charge on any atom is 0.222 e. The maximum absolute atomic E-state index is 11.2. The average Bonchev–Trinajstić information content (AvgIpc) is 2.58. The number of nitrogens with one attached hydrogen (secondary N) is 1. The molecule has 0 aliphatic rings. The second-order valence-corrected chi connectivity index (χ2v) is 4.57. The first kappa shape index (κ1) is 11.7. The van der Waals surface area contributed by atoms with Crippen molar-refractivity contribution in [1.29, 1.82) is 0 Å². The molecule has 0 radical (unpaired) electrons. The molecule has 0 spiro atoms. The molecule has 0 saturated heterocycles. The number of hydrogen-bond acceptors (Lipinski definition) is 3. The first-order valence-electron chi connectivity index (χ1n) is 4.21. The molecule has 1 amide bonds. The third-order valence-electron chi connectivity index (χ3n) is 1.67. The topological polar surface area (TPSA) is 38.3 Å². The lowest BCUT2D eigenvalue weighted by Gasteiger charge is -2.03. The van der Waals surface area contributed by atoms with E-state index in [0.717, 1.165) is 9.35 Å². The fourth-order valence-corrected chi connectivity index (χ4v) is 2.35. The van der Waals surface area contributed by atoms with E-state index in [1.807, 2.05) is 11.4 Å². The van der Waals surface area contributed by atoms with Gasteiger partial charge in [0.15, 0.2) is 0 Å². The summed E-state index contributed by atoms with van der Waals surface area (Å²) in [6.07, 6.45) is 0.416. The Balaban J connectivity index is 2.27. The minimum Gasteiger partial charge on any atom is -0.384 e. The fraction of sp³-hybridized carbons (Fsp3) is 0.444. The van der Waals surface area contributed by atoms with Gasteiger partial charge in [-0.25, -0.2) is 0 Å². The van der Waals surface area contributed by atoms with Gasteiger partial charge in [0.05, 0.1) is 13.2 Å². The number of thiophene rings is 1. The predicted octanol–water partition coefficient (Wildman–Crippen LogP) is 2.16. The highest BCUT2D eigenvalue weighted by Crippen LogP contribution is 2.21. The third kappa shape index (κ3) is 3.77. The summed E-state index contributed by atoms with van der Waals surface area (Å²) in [5, 5.41) is 4.81. The van der Waals surface area contributed by atoms with E-state index < -0.39 is 0 Å². The molecule has 78 valence electrons. The van der Waals surface area contributed by atoms with Gasteiger partial charge in [-0.15, -0.1) is 11.3 Å². The number of rotatable bonds is 5. The molecule has 1 aromatic rings. The Kier molecular flexibility index (Phi) is 5.14. The van der Waals surface area contributed by atoms with Crippen molar-refractivity contribution < 1.29 is 9.53 Å². The number of carbonyl (C=O) groups excluding carboxylic acids is 1. The highest BCUT2D eigenvalue weighted by molar-refractivity contribution is 9.10. The molecule has 1 heterocycles. The van der Waals surface area contributed by atoms with Gasteiger partial charge in [0.2, 0.25) is 5.91 Å². The highest BCUT2D eigenvalue weighted by Gasteiger charge is 2.04. The molecule has 14 heavy (non-hydrogen) atoms. The van der Waals surface area contributed by atoms with Crippen LogP contribution in [0.2, 0.25) is 0 Å². The Hall–Kier alpha value is -0.390. The summed E-state index contributed by atoms with van der Waals surface area (Å²) < 4.78 is 5.86. The van der Waals surface area contributed by atoms with Crippen molar-refractivity contribution in [2.45, 2.75) is 13.0 Å². The van der Waals surface area contributed by atoms with Gasteiger partial charge < -0.3 is 10.1 Å². The van der Waals surface area contributed by atoms with Crippen LogP contribution < -0.4 is 5.32 Å². The van der Waals surface area contributed by atoms with Crippen molar-refractivity contribution in [2.75, 3.05) is 13.7 Å². The molecule has 0 bridgehead atoms. The summed E-state index contributed by atoms with van der Waals surface area (Å²) in [5.41, 5.74) is 0. The molecule has 1 rings (SSSR count). The number of hydrogen-bond donors (Lipinski definition) is 1. The van der Waals surface area contributed by atoms with Crippen LogP contribution in [-0.2, 0) is 16.1 Å². The molecule has 0 aliphatic heterocycles. The monoisotopic (exact) mass is 277 g/mol. The lowest BCUT2D eigenvalue weighted by molar-refractivity contribution is -0.122. The van der Waals surface area contributed by atoms with Crippen LogP contribution >= 0.6 is 27.3 Å². The van der Waals surface area contributed by atoms with Crippen molar-refractivity contribution in [3.8, 4) is 0 Å². The third-order valence-corrected chi connectivity index (χ3v) is 3.60. The fourth-order valence-electron chi connectivity index (χ4n) is 0.913. The van der Waals surface area contributed by atoms with Crippen molar-refractivity contribution in [3.63, 3.8) is 0 Å². The van der Waals surface area contributed by atoms with E-state index >= 15 is 0 Å². The Morgan fingerprint density at radius 2 is 2.50 bits per heavy atom. The zero-order valence-electron chi connectivity index (χ0n) is 7.88. The second kappa shape index (κ2) is 6.16. The molecular formula is C9H12BrNO2S. The van der Waals surface area contributed by atoms with E-state index in [-0.39, 0.29) is 5.91 Å². The van der Waals surface area contributed by atoms with Gasteiger partial charge >= 0.3 is 0 Å². The number of halogens is 1. The van der Waals surface area contributed by atoms with Gasteiger partial charge in [0.25, 0.3) is 0 Å². The number of methoxy groups -OCH3 is 1. The summed E-state index contributed by atoms with van der Waals surface area (Å²) in [7, 11) is 1.59. The minimum absolute atomic E-state index is 0.0205. The SMILES string of the molecule is COCCC(=O)NCc1sccc1Br. The van der Waals surface area contributed by atoms with Crippen LogP contribution in [0.1, 0.15) is 11.3 Å². The van der Waals surface area contributed by atoms with E-state index in [1.54, 1.807) is 18.4 Å². The summed E-state index contributed by atoms with van der Waals surface area (Å²) in [5.74, 6) is 0.0205. The van der Waals surface area contributed by atoms with E-state index in [2.05, 4.69) is 21.2 Å². The van der Waals surface area contributed by atoms with Gasteiger partial charge in [0, 0.05) is 22.9 Å². The van der Waals surface area contributed by atoms with Crippen molar-refractivity contribution in [1.82, 2.24) is 5.32 Å². The van der Waals surface area contributed by atoms with Crippen LogP contribution in [0.5, 0.6) is 0 Å². The molecule has 5 heteroatoms. The standard InChI is InChI=1S/C9H12BrNO2S/c1-13-4-2-9(12)11-6-8-7(10)3-5-14-8/h3,5H,2,4,6H2,1H3,(H,11,12). The zero-order chi connectivity index (χ0) is 10.4. The molecule has 0 unspecified atom stereocenters. The molecule has 0 atom stereocenters. The van der Waals surface area contributed by atoms with Crippen LogP contribution in [0.15, 0.2) is 15.9 Å². The van der Waals surface area contributed by atoms with Gasteiger partial charge in [-0.2, -0.15) is 0 Å². The molecule has 0 aliphatic carbocycles. The quantitative estimate of drug-likeness (QED) is 0.896. The molecular weight excluding hydrogens is 266 g/mol. The number of amides is 1. The molecule has 1 aromatic heterocycles. The van der Waals surface area contributed by atoms with Gasteiger partial charge in [-0.3, -0.25) is 4.79 Å². The van der Waals surface area contributed by atoms with E-state index in [9.17, 15) is 4.79 Å². The molecule has 1 N–H and O–H groups in total. The van der Waals surface area contributed by atoms with Crippen LogP contribution in [0.25, 0.3) is 0 Å². The second-order valence-electron chi connectivity index (χ2n) is 2.71. The molecule has 0 fully saturated rings. The van der Waals surface area contributed by atoms with Crippen LogP contribution in [0.4, 0.5) is 0 Å². The van der Waals surface area contributed by atoms with Gasteiger partial charge in [-0.05, 0) is 27.4 Å². The van der Waals surface area contributed by atoms with Gasteiger partial charge in [-0.1, -0.05) is 0 Å². The molecule has 3 nitrogen and oxygen atoms in total. The predicted molar refractivity (Wildman–Crippen MR) is 60.4 cm³/mol. The van der Waals surface area contributed by atoms with Gasteiger partial charge in [0.1, 0.15) is 0 Å². The Morgan fingerprint density at radius 3 is 3.07 bits per heavy atom. The zero-order valence-corrected chi connectivity index (χ0v) is 10.3. The van der Waals surface area contributed by atoms with Crippen molar-refractivity contribution in [2.24, 2.45) is 0 Å². The number of carbonyl (C=O) groups is 1. The first-order valence-corrected chi connectivity index (χ1v) is 5.89. The normalized spacial score (nSPS) is 10.1. The number of ether oxygens (including phenoxy) is 1. The van der Waals surface area contributed by atoms with Crippen LogP contribution in [-0.4, -0.2) is 19.6 Å². The van der Waals surface area contributed by atoms with E-state index in [0.29, 0.717) is 19.6 Å². The molecule has 0 aromatic carbocycles. The average molecular weight is 278 g/mol. The Morgan fingerprint density at radius 1 is 1.71 bits per heavy atom.